The highest BCUT2D eigenvalue weighted by atomic mass is 35.5. The van der Waals surface area contributed by atoms with Gasteiger partial charge >= 0.3 is 0 Å². The first kappa shape index (κ1) is 21.3. The van der Waals surface area contributed by atoms with Crippen LogP contribution in [0.3, 0.4) is 0 Å². The van der Waals surface area contributed by atoms with Gasteiger partial charge in [0.25, 0.3) is 11.6 Å². The third kappa shape index (κ3) is 4.44. The van der Waals surface area contributed by atoms with Crippen LogP contribution in [0, 0.1) is 10.1 Å². The minimum atomic E-state index is -0.530. The Labute approximate surface area is 174 Å². The van der Waals surface area contributed by atoms with Crippen LogP contribution in [-0.4, -0.2) is 85.0 Å². The fourth-order valence-electron chi connectivity index (χ4n) is 4.03. The summed E-state index contributed by atoms with van der Waals surface area (Å²) < 4.78 is 5.35. The fraction of sp³-hybridized carbons (Fsp3) is 0.556. The summed E-state index contributed by atoms with van der Waals surface area (Å²) in [4.78, 5) is 41.2. The first-order chi connectivity index (χ1) is 13.5. The van der Waals surface area contributed by atoms with Crippen LogP contribution in [0.25, 0.3) is 0 Å². The number of likely N-dealkylation sites (tertiary alicyclic amines) is 1. The van der Waals surface area contributed by atoms with Crippen LogP contribution in [0.15, 0.2) is 18.2 Å². The van der Waals surface area contributed by atoms with Gasteiger partial charge in [-0.2, -0.15) is 0 Å². The van der Waals surface area contributed by atoms with Crippen molar-refractivity contribution in [1.29, 1.82) is 0 Å². The number of rotatable bonds is 4. The Morgan fingerprint density at radius 1 is 1.28 bits per heavy atom. The standard InChI is InChI=1S/C18H23N5O5.ClH/c24-17(21-6-3-14(10-21)20-7-4-19-5-8-20)11-22-15-9-13(23(26)27)1-2-16(15)28-12-18(22)25;/h1-2,9,14,19H,3-8,10-12H2;1H. The van der Waals surface area contributed by atoms with E-state index in [1.54, 1.807) is 4.90 Å². The molecule has 2 saturated heterocycles. The molecule has 158 valence electrons. The zero-order valence-electron chi connectivity index (χ0n) is 15.9. The van der Waals surface area contributed by atoms with Gasteiger partial charge in [0.1, 0.15) is 12.3 Å². The number of carbonyl (C=O) groups excluding carboxylic acids is 2. The molecule has 10 nitrogen and oxygen atoms in total. The number of nitro groups is 1. The molecule has 4 rings (SSSR count). The minimum Gasteiger partial charge on any atom is -0.482 e. The number of ether oxygens (including phenoxy) is 1. The number of nitrogens with one attached hydrogen (secondary N) is 1. The van der Waals surface area contributed by atoms with E-state index in [1.165, 1.54) is 23.1 Å². The number of amides is 2. The zero-order valence-corrected chi connectivity index (χ0v) is 16.7. The number of non-ortho nitro benzene ring substituents is 1. The van der Waals surface area contributed by atoms with E-state index in [4.69, 9.17) is 4.74 Å². The van der Waals surface area contributed by atoms with Crippen LogP contribution in [-0.2, 0) is 9.59 Å². The summed E-state index contributed by atoms with van der Waals surface area (Å²) in [6.45, 7) is 4.88. The largest absolute Gasteiger partial charge is 0.482 e. The van der Waals surface area contributed by atoms with Crippen molar-refractivity contribution in [3.05, 3.63) is 28.3 Å². The van der Waals surface area contributed by atoms with Crippen LogP contribution in [0.1, 0.15) is 6.42 Å². The highest BCUT2D eigenvalue weighted by Gasteiger charge is 2.34. The van der Waals surface area contributed by atoms with Crippen LogP contribution >= 0.6 is 12.4 Å². The van der Waals surface area contributed by atoms with Crippen LogP contribution < -0.4 is 15.0 Å². The maximum Gasteiger partial charge on any atom is 0.271 e. The Morgan fingerprint density at radius 3 is 2.76 bits per heavy atom. The predicted octanol–water partition coefficient (Wildman–Crippen LogP) is 0.248. The maximum atomic E-state index is 12.8. The van der Waals surface area contributed by atoms with Crippen molar-refractivity contribution in [2.24, 2.45) is 0 Å². The van der Waals surface area contributed by atoms with E-state index < -0.39 is 4.92 Å². The van der Waals surface area contributed by atoms with Gasteiger partial charge in [-0.25, -0.2) is 0 Å². The number of carbonyl (C=O) groups is 2. The number of nitro benzene ring substituents is 1. The molecule has 1 aromatic rings. The van der Waals surface area contributed by atoms with Gasteiger partial charge < -0.3 is 15.0 Å². The Morgan fingerprint density at radius 2 is 2.03 bits per heavy atom. The molecule has 0 aromatic heterocycles. The lowest BCUT2D eigenvalue weighted by atomic mass is 10.2. The smallest absolute Gasteiger partial charge is 0.271 e. The summed E-state index contributed by atoms with van der Waals surface area (Å²) in [6.07, 6.45) is 0.921. The SMILES string of the molecule is Cl.O=C(CN1C(=O)COc2ccc([N+](=O)[O-])cc21)N1CCC(N2CCNCC2)C1. The molecule has 2 fully saturated rings. The number of hydrogen-bond donors (Lipinski definition) is 1. The first-order valence-electron chi connectivity index (χ1n) is 9.47. The average molecular weight is 426 g/mol. The number of halogens is 1. The monoisotopic (exact) mass is 425 g/mol. The minimum absolute atomic E-state index is 0. The third-order valence-electron chi connectivity index (χ3n) is 5.57. The molecule has 1 aromatic carbocycles. The Balaban J connectivity index is 0.00000240. The number of hydrogen-bond acceptors (Lipinski definition) is 7. The lowest BCUT2D eigenvalue weighted by molar-refractivity contribution is -0.384. The van der Waals surface area contributed by atoms with Crippen molar-refractivity contribution in [2.75, 3.05) is 57.3 Å². The quantitative estimate of drug-likeness (QED) is 0.544. The zero-order chi connectivity index (χ0) is 19.7. The van der Waals surface area contributed by atoms with E-state index >= 15 is 0 Å². The Kier molecular flexibility index (Phi) is 6.56. The molecule has 0 aliphatic carbocycles. The van der Waals surface area contributed by atoms with Crippen LogP contribution in [0.4, 0.5) is 11.4 Å². The van der Waals surface area contributed by atoms with Crippen molar-refractivity contribution in [2.45, 2.75) is 12.5 Å². The number of anilines is 1. The topological polar surface area (TPSA) is 108 Å². The van der Waals surface area contributed by atoms with Gasteiger partial charge in [-0.3, -0.25) is 29.5 Å². The second kappa shape index (κ2) is 8.93. The van der Waals surface area contributed by atoms with Gasteiger partial charge in [-0.1, -0.05) is 0 Å². The summed E-state index contributed by atoms with van der Waals surface area (Å²) in [7, 11) is 0. The number of fused-ring (bicyclic) bond motifs is 1. The maximum absolute atomic E-state index is 12.8. The van der Waals surface area contributed by atoms with E-state index in [2.05, 4.69) is 10.2 Å². The van der Waals surface area contributed by atoms with E-state index in [-0.39, 0.29) is 48.7 Å². The summed E-state index contributed by atoms with van der Waals surface area (Å²) in [5.74, 6) is -0.150. The Bertz CT molecular complexity index is 801. The van der Waals surface area contributed by atoms with E-state index in [0.717, 1.165) is 32.6 Å². The van der Waals surface area contributed by atoms with Crippen molar-refractivity contribution in [1.82, 2.24) is 15.1 Å². The third-order valence-corrected chi connectivity index (χ3v) is 5.57. The second-order valence-corrected chi connectivity index (χ2v) is 7.25. The predicted molar refractivity (Wildman–Crippen MR) is 108 cm³/mol. The molecule has 0 spiro atoms. The molecule has 3 aliphatic heterocycles. The van der Waals surface area contributed by atoms with Gasteiger partial charge in [0.15, 0.2) is 6.61 Å². The second-order valence-electron chi connectivity index (χ2n) is 7.25. The molecule has 0 saturated carbocycles. The molecular weight excluding hydrogens is 402 g/mol. The van der Waals surface area contributed by atoms with E-state index in [1.807, 2.05) is 0 Å². The Hall–Kier alpha value is -2.43. The molecule has 0 radical (unpaired) electrons. The summed E-state index contributed by atoms with van der Waals surface area (Å²) in [5, 5.41) is 14.4. The molecule has 2 amide bonds. The van der Waals surface area contributed by atoms with Gasteiger partial charge in [0.05, 0.1) is 10.6 Å². The van der Waals surface area contributed by atoms with Crippen LogP contribution in [0.5, 0.6) is 5.75 Å². The van der Waals surface area contributed by atoms with E-state index in [0.29, 0.717) is 24.9 Å². The van der Waals surface area contributed by atoms with Crippen molar-refractivity contribution >= 4 is 35.6 Å². The normalized spacial score (nSPS) is 21.9. The van der Waals surface area contributed by atoms with Gasteiger partial charge in [0.2, 0.25) is 5.91 Å². The molecule has 1 N–H and O–H groups in total. The average Bonchev–Trinajstić information content (AvgIpc) is 3.21. The molecule has 1 atom stereocenters. The molecule has 29 heavy (non-hydrogen) atoms. The lowest BCUT2D eigenvalue weighted by Gasteiger charge is -2.33. The number of nitrogens with zero attached hydrogens (tertiary/aromatic N) is 4. The van der Waals surface area contributed by atoms with Crippen LogP contribution in [0.2, 0.25) is 0 Å². The van der Waals surface area contributed by atoms with Gasteiger partial charge in [-0.15, -0.1) is 12.4 Å². The first-order valence-corrected chi connectivity index (χ1v) is 9.47. The molecular formula is C18H24ClN5O5. The lowest BCUT2D eigenvalue weighted by Crippen LogP contribution is -2.50. The summed E-state index contributed by atoms with van der Waals surface area (Å²) in [5.41, 5.74) is 0.131. The molecule has 3 aliphatic rings. The molecule has 11 heteroatoms. The fourth-order valence-corrected chi connectivity index (χ4v) is 4.03. The summed E-state index contributed by atoms with van der Waals surface area (Å²) in [6, 6.07) is 4.42. The molecule has 1 unspecified atom stereocenters. The number of benzene rings is 1. The highest BCUT2D eigenvalue weighted by Crippen LogP contribution is 2.35. The van der Waals surface area contributed by atoms with Gasteiger partial charge in [0, 0.05) is 57.4 Å². The molecule has 3 heterocycles. The highest BCUT2D eigenvalue weighted by molar-refractivity contribution is 6.02. The van der Waals surface area contributed by atoms with E-state index in [9.17, 15) is 19.7 Å². The number of piperazine rings is 1. The van der Waals surface area contributed by atoms with Crippen molar-refractivity contribution < 1.29 is 19.2 Å². The summed E-state index contributed by atoms with van der Waals surface area (Å²) >= 11 is 0. The van der Waals surface area contributed by atoms with Gasteiger partial charge in [-0.05, 0) is 12.5 Å². The van der Waals surface area contributed by atoms with Crippen molar-refractivity contribution in [3.8, 4) is 5.75 Å². The molecule has 0 bridgehead atoms. The van der Waals surface area contributed by atoms with Crippen molar-refractivity contribution in [3.63, 3.8) is 0 Å².